The lowest BCUT2D eigenvalue weighted by Crippen LogP contribution is -2.40. The molecule has 0 aliphatic carbocycles. The second kappa shape index (κ2) is 6.09. The molecule has 0 aromatic heterocycles. The predicted molar refractivity (Wildman–Crippen MR) is 64.0 cm³/mol. The molecule has 1 fully saturated rings. The first kappa shape index (κ1) is 12.5. The van der Waals surface area contributed by atoms with Gasteiger partial charge in [0.1, 0.15) is 0 Å². The lowest BCUT2D eigenvalue weighted by atomic mass is 10.0. The summed E-state index contributed by atoms with van der Waals surface area (Å²) in [5.74, 6) is 0.833. The molecule has 0 radical (unpaired) electrons. The van der Waals surface area contributed by atoms with Gasteiger partial charge >= 0.3 is 0 Å². The molecule has 1 saturated heterocycles. The summed E-state index contributed by atoms with van der Waals surface area (Å²) in [6.07, 6.45) is 2.49. The average Bonchev–Trinajstić information content (AvgIpc) is 2.55. The quantitative estimate of drug-likeness (QED) is 0.707. The van der Waals surface area contributed by atoms with Gasteiger partial charge in [-0.25, -0.2) is 0 Å². The molecular formula is C11H22BrNO. The monoisotopic (exact) mass is 263 g/mol. The lowest BCUT2D eigenvalue weighted by molar-refractivity contribution is 0.130. The fraction of sp³-hybridized carbons (Fsp3) is 1.00. The molecule has 0 N–H and O–H groups in total. The summed E-state index contributed by atoms with van der Waals surface area (Å²) in [7, 11) is 1.78. The highest BCUT2D eigenvalue weighted by Crippen LogP contribution is 2.27. The number of nitrogens with zero attached hydrogens (tertiary/aromatic N) is 1. The van der Waals surface area contributed by atoms with Crippen LogP contribution in [0.5, 0.6) is 0 Å². The van der Waals surface area contributed by atoms with Crippen molar-refractivity contribution in [2.24, 2.45) is 5.92 Å². The number of ether oxygens (including phenoxy) is 1. The first-order chi connectivity index (χ1) is 6.70. The van der Waals surface area contributed by atoms with E-state index in [4.69, 9.17) is 4.74 Å². The van der Waals surface area contributed by atoms with Gasteiger partial charge in [0.2, 0.25) is 0 Å². The topological polar surface area (TPSA) is 12.5 Å². The number of halogens is 1. The van der Waals surface area contributed by atoms with E-state index in [1.807, 2.05) is 0 Å². The molecule has 0 spiro atoms. The Hall–Kier alpha value is 0.400. The summed E-state index contributed by atoms with van der Waals surface area (Å²) in [6, 6.07) is 1.38. The van der Waals surface area contributed by atoms with Crippen LogP contribution in [0.3, 0.4) is 0 Å². The zero-order valence-corrected chi connectivity index (χ0v) is 11.1. The van der Waals surface area contributed by atoms with Gasteiger partial charge in [0, 0.05) is 31.1 Å². The largest absolute Gasteiger partial charge is 0.385 e. The Morgan fingerprint density at radius 3 is 2.86 bits per heavy atom. The van der Waals surface area contributed by atoms with Crippen LogP contribution >= 0.6 is 15.9 Å². The van der Waals surface area contributed by atoms with E-state index in [1.54, 1.807) is 7.11 Å². The molecule has 0 saturated carbocycles. The maximum Gasteiger partial charge on any atom is 0.0477 e. The summed E-state index contributed by atoms with van der Waals surface area (Å²) in [5.41, 5.74) is 0. The third kappa shape index (κ3) is 2.94. The van der Waals surface area contributed by atoms with Gasteiger partial charge in [-0.15, -0.1) is 0 Å². The minimum absolute atomic E-state index is 0.655. The number of rotatable bonds is 5. The van der Waals surface area contributed by atoms with Gasteiger partial charge in [0.25, 0.3) is 0 Å². The van der Waals surface area contributed by atoms with Crippen LogP contribution in [0.25, 0.3) is 0 Å². The lowest BCUT2D eigenvalue weighted by Gasteiger charge is -2.31. The maximum atomic E-state index is 5.13. The molecule has 0 amide bonds. The Balaban J connectivity index is 2.42. The molecule has 3 unspecified atom stereocenters. The molecule has 1 rings (SSSR count). The van der Waals surface area contributed by atoms with Gasteiger partial charge < -0.3 is 4.74 Å². The molecule has 0 aromatic rings. The van der Waals surface area contributed by atoms with Crippen LogP contribution in [0, 0.1) is 5.92 Å². The number of hydrogen-bond acceptors (Lipinski definition) is 2. The fourth-order valence-corrected chi connectivity index (χ4v) is 3.29. The van der Waals surface area contributed by atoms with Gasteiger partial charge in [0.15, 0.2) is 0 Å². The Bertz CT molecular complexity index is 165. The van der Waals surface area contributed by atoms with Gasteiger partial charge in [-0.1, -0.05) is 22.9 Å². The molecule has 0 aromatic carbocycles. The number of likely N-dealkylation sites (tertiary alicyclic amines) is 1. The smallest absolute Gasteiger partial charge is 0.0477 e. The molecule has 1 heterocycles. The minimum atomic E-state index is 0.655. The standard InChI is InChI=1S/C11H22BrNO/c1-9-4-6-13(11(9)8-12)10(2)5-7-14-3/h9-11H,4-8H2,1-3H3. The van der Waals surface area contributed by atoms with Crippen LogP contribution in [0.1, 0.15) is 26.7 Å². The van der Waals surface area contributed by atoms with Gasteiger partial charge in [-0.05, 0) is 32.2 Å². The van der Waals surface area contributed by atoms with Crippen LogP contribution in [-0.2, 0) is 4.74 Å². The number of hydrogen-bond donors (Lipinski definition) is 0. The molecule has 14 heavy (non-hydrogen) atoms. The van der Waals surface area contributed by atoms with E-state index in [2.05, 4.69) is 34.7 Å². The zero-order valence-electron chi connectivity index (χ0n) is 9.50. The normalized spacial score (nSPS) is 30.9. The first-order valence-electron chi connectivity index (χ1n) is 5.51. The van der Waals surface area contributed by atoms with Crippen LogP contribution in [-0.4, -0.2) is 42.6 Å². The van der Waals surface area contributed by atoms with E-state index in [0.717, 1.165) is 30.3 Å². The van der Waals surface area contributed by atoms with E-state index in [0.29, 0.717) is 6.04 Å². The van der Waals surface area contributed by atoms with Crippen LogP contribution < -0.4 is 0 Å². The zero-order chi connectivity index (χ0) is 10.6. The van der Waals surface area contributed by atoms with Gasteiger partial charge in [-0.2, -0.15) is 0 Å². The van der Waals surface area contributed by atoms with Crippen molar-refractivity contribution in [3.8, 4) is 0 Å². The first-order valence-corrected chi connectivity index (χ1v) is 6.63. The van der Waals surface area contributed by atoms with Crippen molar-refractivity contribution >= 4 is 15.9 Å². The van der Waals surface area contributed by atoms with Crippen molar-refractivity contribution in [2.75, 3.05) is 25.6 Å². The highest BCUT2D eigenvalue weighted by Gasteiger charge is 2.32. The van der Waals surface area contributed by atoms with E-state index < -0.39 is 0 Å². The summed E-state index contributed by atoms with van der Waals surface area (Å²) in [4.78, 5) is 2.62. The van der Waals surface area contributed by atoms with Crippen LogP contribution in [0.15, 0.2) is 0 Å². The molecule has 0 bridgehead atoms. The molecule has 2 nitrogen and oxygen atoms in total. The third-order valence-electron chi connectivity index (χ3n) is 3.39. The summed E-state index contributed by atoms with van der Waals surface area (Å²) < 4.78 is 5.13. The second-order valence-electron chi connectivity index (χ2n) is 4.36. The maximum absolute atomic E-state index is 5.13. The molecule has 3 atom stereocenters. The summed E-state index contributed by atoms with van der Waals surface area (Å²) >= 11 is 3.62. The molecular weight excluding hydrogens is 242 g/mol. The number of alkyl halides is 1. The summed E-state index contributed by atoms with van der Waals surface area (Å²) in [5, 5.41) is 1.10. The van der Waals surface area contributed by atoms with Crippen molar-refractivity contribution in [2.45, 2.75) is 38.8 Å². The van der Waals surface area contributed by atoms with Crippen molar-refractivity contribution in [3.63, 3.8) is 0 Å². The molecule has 3 heteroatoms. The molecule has 1 aliphatic rings. The van der Waals surface area contributed by atoms with E-state index in [9.17, 15) is 0 Å². The Morgan fingerprint density at radius 2 is 2.29 bits per heavy atom. The Kier molecular flexibility index (Phi) is 5.42. The highest BCUT2D eigenvalue weighted by molar-refractivity contribution is 9.09. The van der Waals surface area contributed by atoms with E-state index in [1.165, 1.54) is 13.0 Å². The highest BCUT2D eigenvalue weighted by atomic mass is 79.9. The summed E-state index contributed by atoms with van der Waals surface area (Å²) in [6.45, 7) is 6.80. The average molecular weight is 264 g/mol. The van der Waals surface area contributed by atoms with Gasteiger partial charge in [0.05, 0.1) is 0 Å². The SMILES string of the molecule is COCCC(C)N1CCC(C)C1CBr. The number of methoxy groups -OCH3 is 1. The minimum Gasteiger partial charge on any atom is -0.385 e. The fourth-order valence-electron chi connectivity index (χ4n) is 2.28. The van der Waals surface area contributed by atoms with Crippen molar-refractivity contribution in [1.82, 2.24) is 4.90 Å². The van der Waals surface area contributed by atoms with Crippen LogP contribution in [0.4, 0.5) is 0 Å². The van der Waals surface area contributed by atoms with Gasteiger partial charge in [-0.3, -0.25) is 4.90 Å². The Morgan fingerprint density at radius 1 is 1.57 bits per heavy atom. The van der Waals surface area contributed by atoms with E-state index in [-0.39, 0.29) is 0 Å². The molecule has 1 aliphatic heterocycles. The predicted octanol–water partition coefficient (Wildman–Crippen LogP) is 2.52. The Labute approximate surface area is 96.1 Å². The van der Waals surface area contributed by atoms with Crippen molar-refractivity contribution in [3.05, 3.63) is 0 Å². The van der Waals surface area contributed by atoms with Crippen LogP contribution in [0.2, 0.25) is 0 Å². The second-order valence-corrected chi connectivity index (χ2v) is 5.00. The third-order valence-corrected chi connectivity index (χ3v) is 4.05. The van der Waals surface area contributed by atoms with Crippen molar-refractivity contribution < 1.29 is 4.74 Å². The van der Waals surface area contributed by atoms with E-state index >= 15 is 0 Å². The molecule has 84 valence electrons. The van der Waals surface area contributed by atoms with Crippen molar-refractivity contribution in [1.29, 1.82) is 0 Å².